The van der Waals surface area contributed by atoms with E-state index in [1.54, 1.807) is 0 Å². The lowest BCUT2D eigenvalue weighted by Crippen LogP contribution is -2.48. The van der Waals surface area contributed by atoms with Crippen molar-refractivity contribution in [2.45, 2.75) is 52.1 Å². The normalized spacial score (nSPS) is 19.6. The number of piperidine rings is 1. The number of rotatable bonds is 5. The van der Waals surface area contributed by atoms with E-state index in [0.717, 1.165) is 44.8 Å². The minimum absolute atomic E-state index is 0.133. The maximum atomic E-state index is 12.0. The van der Waals surface area contributed by atoms with Crippen LogP contribution in [0.4, 0.5) is 0 Å². The highest BCUT2D eigenvalue weighted by atomic mass is 16.2. The average molecular weight is 255 g/mol. The summed E-state index contributed by atoms with van der Waals surface area (Å²) < 4.78 is 0. The molecular weight excluding hydrogens is 226 g/mol. The first-order valence-electron chi connectivity index (χ1n) is 7.20. The molecule has 4 nitrogen and oxygen atoms in total. The Hall–Kier alpha value is -0.610. The molecule has 0 bridgehead atoms. The molecule has 1 rings (SSSR count). The first-order chi connectivity index (χ1) is 8.45. The minimum Gasteiger partial charge on any atom is -0.341 e. The highest BCUT2D eigenvalue weighted by Gasteiger charge is 2.26. The Balaban J connectivity index is 2.35. The Morgan fingerprint density at radius 3 is 2.39 bits per heavy atom. The van der Waals surface area contributed by atoms with Crippen molar-refractivity contribution < 1.29 is 4.79 Å². The molecule has 2 N–H and O–H groups in total. The average Bonchev–Trinajstić information content (AvgIpc) is 2.37. The molecule has 1 aliphatic heterocycles. The predicted octanol–water partition coefficient (Wildman–Crippen LogP) is 1.30. The van der Waals surface area contributed by atoms with Crippen LogP contribution in [-0.2, 0) is 4.79 Å². The molecule has 0 spiro atoms. The topological polar surface area (TPSA) is 49.6 Å². The van der Waals surface area contributed by atoms with Crippen molar-refractivity contribution in [3.05, 3.63) is 0 Å². The van der Waals surface area contributed by atoms with Gasteiger partial charge in [0, 0.05) is 25.7 Å². The zero-order chi connectivity index (χ0) is 13.7. The third kappa shape index (κ3) is 4.25. The second kappa shape index (κ2) is 7.10. The van der Waals surface area contributed by atoms with Gasteiger partial charge in [-0.15, -0.1) is 0 Å². The predicted molar refractivity (Wildman–Crippen MR) is 75.3 cm³/mol. The summed E-state index contributed by atoms with van der Waals surface area (Å²) in [5, 5.41) is 0. The molecule has 0 aliphatic carbocycles. The van der Waals surface area contributed by atoms with Gasteiger partial charge in [-0.1, -0.05) is 6.92 Å². The van der Waals surface area contributed by atoms with E-state index in [1.807, 2.05) is 11.8 Å². The van der Waals surface area contributed by atoms with Gasteiger partial charge in [0.1, 0.15) is 0 Å². The van der Waals surface area contributed by atoms with E-state index >= 15 is 0 Å². The minimum atomic E-state index is -0.306. The number of carbonyl (C=O) groups excluding carboxylic acids is 1. The summed E-state index contributed by atoms with van der Waals surface area (Å²) in [5.74, 6) is 0.854. The standard InChI is InChI=1S/C14H29N3O/c1-5-13(15)14(18)17-8-6-12(7-9-17)10-16(4)11(2)3/h11-13H,5-10,15H2,1-4H3. The molecule has 1 atom stereocenters. The summed E-state index contributed by atoms with van der Waals surface area (Å²) in [6.07, 6.45) is 2.95. The van der Waals surface area contributed by atoms with E-state index in [9.17, 15) is 4.79 Å². The zero-order valence-electron chi connectivity index (χ0n) is 12.4. The lowest BCUT2D eigenvalue weighted by Gasteiger charge is -2.35. The van der Waals surface area contributed by atoms with Crippen LogP contribution in [0.3, 0.4) is 0 Å². The molecule has 106 valence electrons. The Bertz CT molecular complexity index is 260. The van der Waals surface area contributed by atoms with Gasteiger partial charge >= 0.3 is 0 Å². The van der Waals surface area contributed by atoms with Gasteiger partial charge in [0.25, 0.3) is 0 Å². The van der Waals surface area contributed by atoms with Gasteiger partial charge in [-0.05, 0) is 46.1 Å². The maximum absolute atomic E-state index is 12.0. The lowest BCUT2D eigenvalue weighted by atomic mass is 9.95. The third-order valence-electron chi connectivity index (χ3n) is 4.11. The van der Waals surface area contributed by atoms with Crippen LogP contribution in [0.1, 0.15) is 40.0 Å². The smallest absolute Gasteiger partial charge is 0.239 e. The van der Waals surface area contributed by atoms with Crippen molar-refractivity contribution in [1.82, 2.24) is 9.80 Å². The van der Waals surface area contributed by atoms with E-state index in [0.29, 0.717) is 6.04 Å². The third-order valence-corrected chi connectivity index (χ3v) is 4.11. The SMILES string of the molecule is CCC(N)C(=O)N1CCC(CN(C)C(C)C)CC1. The van der Waals surface area contributed by atoms with Crippen LogP contribution in [0.15, 0.2) is 0 Å². The maximum Gasteiger partial charge on any atom is 0.239 e. The van der Waals surface area contributed by atoms with E-state index in [4.69, 9.17) is 5.73 Å². The van der Waals surface area contributed by atoms with Crippen LogP contribution in [0.25, 0.3) is 0 Å². The molecule has 1 fully saturated rings. The van der Waals surface area contributed by atoms with Crippen molar-refractivity contribution in [3.63, 3.8) is 0 Å². The summed E-state index contributed by atoms with van der Waals surface area (Å²) in [6, 6.07) is 0.290. The summed E-state index contributed by atoms with van der Waals surface area (Å²) in [4.78, 5) is 16.3. The Kier molecular flexibility index (Phi) is 6.09. The number of hydrogen-bond donors (Lipinski definition) is 1. The molecule has 18 heavy (non-hydrogen) atoms. The van der Waals surface area contributed by atoms with E-state index < -0.39 is 0 Å². The first kappa shape index (κ1) is 15.4. The summed E-state index contributed by atoms with van der Waals surface area (Å²) in [7, 11) is 2.18. The fraction of sp³-hybridized carbons (Fsp3) is 0.929. The second-order valence-corrected chi connectivity index (χ2v) is 5.82. The highest BCUT2D eigenvalue weighted by molar-refractivity contribution is 5.81. The number of likely N-dealkylation sites (tertiary alicyclic amines) is 1. The highest BCUT2D eigenvalue weighted by Crippen LogP contribution is 2.19. The van der Waals surface area contributed by atoms with Gasteiger partial charge in [-0.25, -0.2) is 0 Å². The molecule has 0 radical (unpaired) electrons. The van der Waals surface area contributed by atoms with Crippen molar-refractivity contribution in [2.24, 2.45) is 11.7 Å². The van der Waals surface area contributed by atoms with Gasteiger partial charge in [0.2, 0.25) is 5.91 Å². The Morgan fingerprint density at radius 1 is 1.39 bits per heavy atom. The number of hydrogen-bond acceptors (Lipinski definition) is 3. The summed E-state index contributed by atoms with van der Waals surface area (Å²) in [5.41, 5.74) is 5.80. The quantitative estimate of drug-likeness (QED) is 0.805. The van der Waals surface area contributed by atoms with Crippen molar-refractivity contribution in [1.29, 1.82) is 0 Å². The fourth-order valence-electron chi connectivity index (χ4n) is 2.36. The van der Waals surface area contributed by atoms with E-state index in [2.05, 4.69) is 25.8 Å². The van der Waals surface area contributed by atoms with E-state index in [-0.39, 0.29) is 11.9 Å². The molecule has 0 saturated carbocycles. The van der Waals surface area contributed by atoms with Crippen LogP contribution >= 0.6 is 0 Å². The number of nitrogens with zero attached hydrogens (tertiary/aromatic N) is 2. The van der Waals surface area contributed by atoms with Gasteiger partial charge in [-0.2, -0.15) is 0 Å². The molecule has 1 saturated heterocycles. The largest absolute Gasteiger partial charge is 0.341 e. The second-order valence-electron chi connectivity index (χ2n) is 5.82. The zero-order valence-corrected chi connectivity index (χ0v) is 12.4. The lowest BCUT2D eigenvalue weighted by molar-refractivity contribution is -0.134. The van der Waals surface area contributed by atoms with Gasteiger partial charge in [0.15, 0.2) is 0 Å². The summed E-state index contributed by atoms with van der Waals surface area (Å²) in [6.45, 7) is 9.30. The van der Waals surface area contributed by atoms with Crippen molar-refractivity contribution >= 4 is 5.91 Å². The molecule has 1 heterocycles. The van der Waals surface area contributed by atoms with E-state index in [1.165, 1.54) is 0 Å². The number of amides is 1. The van der Waals surface area contributed by atoms with Crippen LogP contribution in [-0.4, -0.2) is 54.5 Å². The first-order valence-corrected chi connectivity index (χ1v) is 7.20. The number of carbonyl (C=O) groups is 1. The van der Waals surface area contributed by atoms with Crippen LogP contribution in [0, 0.1) is 5.92 Å². The van der Waals surface area contributed by atoms with Crippen LogP contribution in [0.2, 0.25) is 0 Å². The molecule has 1 aliphatic rings. The number of nitrogens with two attached hydrogens (primary N) is 1. The molecule has 1 unspecified atom stereocenters. The van der Waals surface area contributed by atoms with Crippen LogP contribution in [0.5, 0.6) is 0 Å². The molecule has 0 aromatic heterocycles. The Labute approximate surface area is 111 Å². The van der Waals surface area contributed by atoms with Crippen LogP contribution < -0.4 is 5.73 Å². The Morgan fingerprint density at radius 2 is 1.94 bits per heavy atom. The molecule has 1 amide bonds. The van der Waals surface area contributed by atoms with Crippen molar-refractivity contribution in [2.75, 3.05) is 26.7 Å². The monoisotopic (exact) mass is 255 g/mol. The van der Waals surface area contributed by atoms with Gasteiger partial charge in [-0.3, -0.25) is 4.79 Å². The fourth-order valence-corrected chi connectivity index (χ4v) is 2.36. The molecule has 4 heteroatoms. The summed E-state index contributed by atoms with van der Waals surface area (Å²) >= 11 is 0. The van der Waals surface area contributed by atoms with Gasteiger partial charge < -0.3 is 15.5 Å². The molecule has 0 aromatic rings. The molecular formula is C14H29N3O. The molecule has 0 aromatic carbocycles. The van der Waals surface area contributed by atoms with Crippen molar-refractivity contribution in [3.8, 4) is 0 Å². The van der Waals surface area contributed by atoms with Gasteiger partial charge in [0.05, 0.1) is 6.04 Å².